The molecule has 0 aliphatic rings. The number of carbonyl (C=O) groups is 1. The van der Waals surface area contributed by atoms with Crippen molar-refractivity contribution in [3.63, 3.8) is 0 Å². The Labute approximate surface area is 173 Å². The van der Waals surface area contributed by atoms with Crippen LogP contribution < -0.4 is 5.32 Å². The third-order valence-electron chi connectivity index (χ3n) is 4.54. The quantitative estimate of drug-likeness (QED) is 0.606. The Morgan fingerprint density at radius 2 is 1.89 bits per heavy atom. The van der Waals surface area contributed by atoms with Crippen molar-refractivity contribution >= 4 is 42.8 Å². The summed E-state index contributed by atoms with van der Waals surface area (Å²) in [6.45, 7) is 2.96. The number of hydrogen-bond donors (Lipinski definition) is 1. The lowest BCUT2D eigenvalue weighted by molar-refractivity contribution is 0.0942. The topological polar surface area (TPSA) is 71.4 Å². The molecule has 0 unspecified atom stereocenters. The molecule has 148 valence electrons. The molecule has 3 aromatic rings. The number of benzene rings is 2. The molecule has 28 heavy (non-hydrogen) atoms. The fourth-order valence-electron chi connectivity index (χ4n) is 3.07. The van der Waals surface area contributed by atoms with Crippen molar-refractivity contribution in [3.8, 4) is 0 Å². The highest BCUT2D eigenvalue weighted by molar-refractivity contribution is 9.10. The number of nitrogens with zero attached hydrogens (tertiary/aromatic N) is 2. The summed E-state index contributed by atoms with van der Waals surface area (Å²) in [7, 11) is -0.535. The van der Waals surface area contributed by atoms with Crippen molar-refractivity contribution in [1.82, 2.24) is 14.2 Å². The van der Waals surface area contributed by atoms with Gasteiger partial charge in [-0.25, -0.2) is 12.7 Å². The normalized spacial score (nSPS) is 11.9. The first-order chi connectivity index (χ1) is 13.2. The highest BCUT2D eigenvalue weighted by Gasteiger charge is 2.20. The molecule has 2 aromatic carbocycles. The van der Waals surface area contributed by atoms with Crippen molar-refractivity contribution in [3.05, 3.63) is 64.3 Å². The highest BCUT2D eigenvalue weighted by atomic mass is 79.9. The summed E-state index contributed by atoms with van der Waals surface area (Å²) in [5.41, 5.74) is 2.32. The molecular formula is C20H22BrN3O3S. The molecule has 0 bridgehead atoms. The van der Waals surface area contributed by atoms with Crippen LogP contribution in [-0.2, 0) is 23.1 Å². The average molecular weight is 464 g/mol. The van der Waals surface area contributed by atoms with Gasteiger partial charge >= 0.3 is 0 Å². The summed E-state index contributed by atoms with van der Waals surface area (Å²) in [4.78, 5) is 13.0. The second-order valence-corrected chi connectivity index (χ2v) is 9.66. The lowest BCUT2D eigenvalue weighted by atomic mass is 10.2. The van der Waals surface area contributed by atoms with Gasteiger partial charge in [-0.05, 0) is 48.9 Å². The van der Waals surface area contributed by atoms with Crippen LogP contribution in [0.25, 0.3) is 10.9 Å². The minimum Gasteiger partial charge on any atom is -0.347 e. The van der Waals surface area contributed by atoms with Crippen LogP contribution in [0.4, 0.5) is 0 Å². The third kappa shape index (κ3) is 3.99. The van der Waals surface area contributed by atoms with Gasteiger partial charge in [-0.3, -0.25) is 4.79 Å². The molecule has 0 aliphatic heterocycles. The van der Waals surface area contributed by atoms with E-state index in [2.05, 4.69) is 21.2 Å². The van der Waals surface area contributed by atoms with E-state index in [-0.39, 0.29) is 10.8 Å². The van der Waals surface area contributed by atoms with Crippen LogP contribution >= 0.6 is 15.9 Å². The first-order valence-electron chi connectivity index (χ1n) is 8.82. The van der Waals surface area contributed by atoms with Gasteiger partial charge in [-0.15, -0.1) is 0 Å². The van der Waals surface area contributed by atoms with E-state index in [1.165, 1.54) is 18.4 Å². The molecule has 0 atom stereocenters. The van der Waals surface area contributed by atoms with Gasteiger partial charge < -0.3 is 9.88 Å². The van der Waals surface area contributed by atoms with Crippen LogP contribution in [0.5, 0.6) is 0 Å². The molecule has 3 rings (SSSR count). The molecule has 1 N–H and O–H groups in total. The molecule has 1 aromatic heterocycles. The van der Waals surface area contributed by atoms with E-state index in [0.717, 1.165) is 20.9 Å². The highest BCUT2D eigenvalue weighted by Crippen LogP contribution is 2.25. The first-order valence-corrected chi connectivity index (χ1v) is 11.1. The Bertz CT molecular complexity index is 1140. The maximum atomic E-state index is 12.8. The molecular weight excluding hydrogens is 442 g/mol. The van der Waals surface area contributed by atoms with Gasteiger partial charge in [0, 0.05) is 42.6 Å². The van der Waals surface area contributed by atoms with Crippen molar-refractivity contribution in [2.45, 2.75) is 24.9 Å². The standard InChI is InChI=1S/C20H22BrN3O3S/c1-4-24-18-9-8-17(28(26,27)23(2)3)11-15(18)12-19(24)20(25)22-13-14-6-5-7-16(21)10-14/h5-12H,4,13H2,1-3H3,(H,22,25). The van der Waals surface area contributed by atoms with E-state index in [9.17, 15) is 13.2 Å². The number of halogens is 1. The molecule has 8 heteroatoms. The predicted molar refractivity (Wildman–Crippen MR) is 114 cm³/mol. The number of nitrogens with one attached hydrogen (secondary N) is 1. The van der Waals surface area contributed by atoms with Crippen LogP contribution in [0.1, 0.15) is 23.0 Å². The van der Waals surface area contributed by atoms with Crippen LogP contribution in [0.3, 0.4) is 0 Å². The predicted octanol–water partition coefficient (Wildman–Crippen LogP) is 3.60. The van der Waals surface area contributed by atoms with Crippen molar-refractivity contribution < 1.29 is 13.2 Å². The zero-order valence-electron chi connectivity index (χ0n) is 15.9. The van der Waals surface area contributed by atoms with Gasteiger partial charge in [0.2, 0.25) is 10.0 Å². The van der Waals surface area contributed by atoms with Crippen LogP contribution in [0.15, 0.2) is 57.9 Å². The van der Waals surface area contributed by atoms with E-state index in [1.807, 2.05) is 35.8 Å². The van der Waals surface area contributed by atoms with Crippen LogP contribution in [-0.4, -0.2) is 37.3 Å². The molecule has 1 heterocycles. The molecule has 0 saturated carbocycles. The molecule has 0 spiro atoms. The summed E-state index contributed by atoms with van der Waals surface area (Å²) in [6, 6.07) is 14.4. The molecule has 0 radical (unpaired) electrons. The van der Waals surface area contributed by atoms with Crippen LogP contribution in [0.2, 0.25) is 0 Å². The second kappa shape index (κ2) is 8.06. The Morgan fingerprint density at radius 3 is 2.54 bits per heavy atom. The van der Waals surface area contributed by atoms with Gasteiger partial charge in [0.25, 0.3) is 5.91 Å². The number of fused-ring (bicyclic) bond motifs is 1. The molecule has 6 nitrogen and oxygen atoms in total. The summed E-state index contributed by atoms with van der Waals surface area (Å²) < 4.78 is 28.8. The number of carbonyl (C=O) groups excluding carboxylic acids is 1. The number of amides is 1. The van der Waals surface area contributed by atoms with Crippen molar-refractivity contribution in [2.75, 3.05) is 14.1 Å². The molecule has 1 amide bonds. The number of rotatable bonds is 6. The summed E-state index contributed by atoms with van der Waals surface area (Å²) in [5.74, 6) is -0.199. The largest absolute Gasteiger partial charge is 0.347 e. The molecule has 0 fully saturated rings. The van der Waals surface area contributed by atoms with Crippen LogP contribution in [0, 0.1) is 0 Å². The Hall–Kier alpha value is -2.16. The minimum atomic E-state index is -3.53. The number of hydrogen-bond acceptors (Lipinski definition) is 3. The Balaban J connectivity index is 1.93. The summed E-state index contributed by atoms with van der Waals surface area (Å²) in [5, 5.41) is 3.65. The summed E-state index contributed by atoms with van der Waals surface area (Å²) >= 11 is 3.42. The first kappa shape index (κ1) is 20.6. The van der Waals surface area contributed by atoms with Gasteiger partial charge in [0.1, 0.15) is 5.69 Å². The Morgan fingerprint density at radius 1 is 1.14 bits per heavy atom. The smallest absolute Gasteiger partial charge is 0.268 e. The third-order valence-corrected chi connectivity index (χ3v) is 6.85. The SMILES string of the molecule is CCn1c(C(=O)NCc2cccc(Br)c2)cc2cc(S(=O)(=O)N(C)C)ccc21. The van der Waals surface area contributed by atoms with Gasteiger partial charge in [-0.2, -0.15) is 0 Å². The lowest BCUT2D eigenvalue weighted by Gasteiger charge is -2.12. The van der Waals surface area contributed by atoms with Gasteiger partial charge in [-0.1, -0.05) is 28.1 Å². The van der Waals surface area contributed by atoms with Crippen molar-refractivity contribution in [1.29, 1.82) is 0 Å². The van der Waals surface area contributed by atoms with Gasteiger partial charge in [0.15, 0.2) is 0 Å². The van der Waals surface area contributed by atoms with E-state index >= 15 is 0 Å². The van der Waals surface area contributed by atoms with E-state index < -0.39 is 10.0 Å². The zero-order valence-corrected chi connectivity index (χ0v) is 18.3. The maximum absolute atomic E-state index is 12.8. The second-order valence-electron chi connectivity index (χ2n) is 6.59. The van der Waals surface area contributed by atoms with Crippen molar-refractivity contribution in [2.24, 2.45) is 0 Å². The minimum absolute atomic E-state index is 0.199. The number of aryl methyl sites for hydroxylation is 1. The number of sulfonamides is 1. The summed E-state index contributed by atoms with van der Waals surface area (Å²) in [6.07, 6.45) is 0. The maximum Gasteiger partial charge on any atom is 0.268 e. The average Bonchev–Trinajstić information content (AvgIpc) is 3.03. The van der Waals surface area contributed by atoms with E-state index in [0.29, 0.717) is 18.8 Å². The van der Waals surface area contributed by atoms with Gasteiger partial charge in [0.05, 0.1) is 4.90 Å². The fourth-order valence-corrected chi connectivity index (χ4v) is 4.45. The Kier molecular flexibility index (Phi) is 5.92. The fraction of sp³-hybridized carbons (Fsp3) is 0.250. The zero-order chi connectivity index (χ0) is 20.5. The molecule has 0 aliphatic carbocycles. The molecule has 0 saturated heterocycles. The number of aromatic nitrogens is 1. The lowest BCUT2D eigenvalue weighted by Crippen LogP contribution is -2.25. The van der Waals surface area contributed by atoms with E-state index in [4.69, 9.17) is 0 Å². The monoisotopic (exact) mass is 463 g/mol. The van der Waals surface area contributed by atoms with E-state index in [1.54, 1.807) is 24.3 Å².